The van der Waals surface area contributed by atoms with Gasteiger partial charge in [-0.3, -0.25) is 28.8 Å². The molecule has 0 aliphatic carbocycles. The number of benzene rings is 3. The molecule has 60 heavy (non-hydrogen) atoms. The predicted octanol–water partition coefficient (Wildman–Crippen LogP) is 1.70. The van der Waals surface area contributed by atoms with Gasteiger partial charge in [-0.2, -0.15) is 0 Å². The van der Waals surface area contributed by atoms with Gasteiger partial charge in [0.2, 0.25) is 35.4 Å². The van der Waals surface area contributed by atoms with Crippen molar-refractivity contribution in [3.8, 4) is 0 Å². The summed E-state index contributed by atoms with van der Waals surface area (Å²) >= 11 is 0. The van der Waals surface area contributed by atoms with Crippen molar-refractivity contribution in [2.75, 3.05) is 13.1 Å². The molecule has 318 valence electrons. The van der Waals surface area contributed by atoms with Crippen LogP contribution in [-0.2, 0) is 41.6 Å². The minimum Gasteiger partial charge on any atom is -0.391 e. The fraction of sp³-hybridized carbons (Fsp3) is 0.422. The second-order valence-electron chi connectivity index (χ2n) is 15.8. The molecule has 15 nitrogen and oxygen atoms in total. The van der Waals surface area contributed by atoms with Crippen molar-refractivity contribution >= 4 is 46.3 Å². The maximum atomic E-state index is 14.6. The number of hydrogen-bond acceptors (Lipinski definition) is 8. The third kappa shape index (κ3) is 10.6. The average molecular weight is 821 g/mol. The van der Waals surface area contributed by atoms with Crippen LogP contribution in [0.25, 0.3) is 10.9 Å². The smallest absolute Gasteiger partial charge is 0.246 e. The van der Waals surface area contributed by atoms with E-state index in [-0.39, 0.29) is 25.8 Å². The number of aromatic amines is 1. The lowest BCUT2D eigenvalue weighted by atomic mass is 9.91. The lowest BCUT2D eigenvalue weighted by Crippen LogP contribution is -2.63. The second-order valence-corrected chi connectivity index (χ2v) is 15.8. The van der Waals surface area contributed by atoms with E-state index in [1.165, 1.54) is 11.8 Å². The van der Waals surface area contributed by atoms with Crippen molar-refractivity contribution in [1.29, 1.82) is 0 Å². The molecular formula is C45H56N8O7. The zero-order chi connectivity index (χ0) is 42.8. The van der Waals surface area contributed by atoms with Gasteiger partial charge in [-0.1, -0.05) is 85.8 Å². The molecule has 2 saturated heterocycles. The van der Waals surface area contributed by atoms with E-state index in [9.17, 15) is 33.9 Å². The molecule has 0 unspecified atom stereocenters. The summed E-state index contributed by atoms with van der Waals surface area (Å²) in [5.74, 6) is -4.60. The Balaban J connectivity index is 1.42. The van der Waals surface area contributed by atoms with E-state index in [1.807, 2.05) is 60.7 Å². The minimum absolute atomic E-state index is 0.0591. The van der Waals surface area contributed by atoms with E-state index in [0.29, 0.717) is 32.2 Å². The van der Waals surface area contributed by atoms with Crippen LogP contribution in [0.5, 0.6) is 0 Å². The molecule has 0 bridgehead atoms. The Morgan fingerprint density at radius 1 is 0.667 bits per heavy atom. The van der Waals surface area contributed by atoms with E-state index >= 15 is 0 Å². The largest absolute Gasteiger partial charge is 0.391 e. The summed E-state index contributed by atoms with van der Waals surface area (Å²) in [6.07, 6.45) is 2.40. The Morgan fingerprint density at radius 3 is 1.90 bits per heavy atom. The number of carbonyl (C=O) groups is 6. The molecule has 0 radical (unpaired) electrons. The van der Waals surface area contributed by atoms with Crippen LogP contribution in [0.1, 0.15) is 68.6 Å². The number of nitrogens with one attached hydrogen (secondary N) is 6. The SMILES string of the molecule is C[C@@H](O)[C@@H]1NC(=O)[C@H](CCCCN)NC(=O)[C@H]([C@@H](C)c2c[nH]c3ccccc23)NC(=O)[C@H](Cc2ccccc2)NC(=O)[C@@H]2CCCN2C(=O)[C@H](Cc2ccccc2)NC1=O. The van der Waals surface area contributed by atoms with Crippen molar-refractivity contribution in [2.45, 2.75) is 107 Å². The van der Waals surface area contributed by atoms with E-state index in [2.05, 4.69) is 31.6 Å². The number of aliphatic hydroxyl groups excluding tert-OH is 1. The van der Waals surface area contributed by atoms with Crippen LogP contribution in [0.15, 0.2) is 91.1 Å². The van der Waals surface area contributed by atoms with Crippen molar-refractivity contribution in [3.63, 3.8) is 0 Å². The first-order valence-corrected chi connectivity index (χ1v) is 20.8. The highest BCUT2D eigenvalue weighted by molar-refractivity contribution is 5.99. The van der Waals surface area contributed by atoms with Crippen molar-refractivity contribution in [3.05, 3.63) is 108 Å². The van der Waals surface area contributed by atoms with Gasteiger partial charge < -0.3 is 47.3 Å². The topological polar surface area (TPSA) is 228 Å². The molecule has 6 rings (SSSR count). The molecule has 4 aromatic rings. The summed E-state index contributed by atoms with van der Waals surface area (Å²) in [4.78, 5) is 90.9. The van der Waals surface area contributed by atoms with E-state index in [0.717, 1.165) is 27.6 Å². The molecule has 9 N–H and O–H groups in total. The number of nitrogens with zero attached hydrogens (tertiary/aromatic N) is 1. The molecule has 1 aromatic heterocycles. The van der Waals surface area contributed by atoms with Crippen molar-refractivity contribution in [1.82, 2.24) is 36.5 Å². The molecule has 3 heterocycles. The number of para-hydroxylation sites is 1. The number of amides is 6. The van der Waals surface area contributed by atoms with Crippen LogP contribution < -0.4 is 32.3 Å². The van der Waals surface area contributed by atoms with Crippen LogP contribution in [0.3, 0.4) is 0 Å². The van der Waals surface area contributed by atoms with E-state index < -0.39 is 83.7 Å². The molecule has 2 aliphatic heterocycles. The standard InChI is InChI=1S/C45H56N8O7/c1-27(32-26-47-33-19-10-9-18-31(32)33)38-43(58)48-34(20-11-12-22-46)40(55)52-39(28(2)54)44(59)50-36(25-30-16-7-4-8-17-30)45(60)53-23-13-21-37(53)42(57)49-35(41(56)51-38)24-29-14-5-3-6-15-29/h3-10,14-19,26-28,34-39,47,54H,11-13,20-25,46H2,1-2H3,(H,48,58)(H,49,57)(H,50,59)(H,51,56)(H,52,55)/t27-,28+,34-,35-,36-,37-,38-,39-/m0/s1. The van der Waals surface area contributed by atoms with E-state index in [1.54, 1.807) is 37.4 Å². The molecular weight excluding hydrogens is 765 g/mol. The Hall–Kier alpha value is -6.06. The Labute approximate surface area is 349 Å². The predicted molar refractivity (Wildman–Crippen MR) is 226 cm³/mol. The third-order valence-corrected chi connectivity index (χ3v) is 11.5. The Kier molecular flexibility index (Phi) is 14.7. The number of fused-ring (bicyclic) bond motifs is 2. The zero-order valence-electron chi connectivity index (χ0n) is 34.1. The summed E-state index contributed by atoms with van der Waals surface area (Å²) in [6, 6.07) is 18.4. The molecule has 2 aliphatic rings. The summed E-state index contributed by atoms with van der Waals surface area (Å²) in [5.41, 5.74) is 8.83. The molecule has 3 aromatic carbocycles. The van der Waals surface area contributed by atoms with Crippen LogP contribution in [0, 0.1) is 0 Å². The number of aliphatic hydroxyl groups is 1. The molecule has 0 spiro atoms. The van der Waals surface area contributed by atoms with Crippen LogP contribution >= 0.6 is 0 Å². The first kappa shape index (κ1) is 43.5. The quantitative estimate of drug-likeness (QED) is 0.104. The molecule has 8 atom stereocenters. The number of H-pyrrole nitrogens is 1. The van der Waals surface area contributed by atoms with Crippen molar-refractivity contribution < 1.29 is 33.9 Å². The van der Waals surface area contributed by atoms with Gasteiger partial charge in [0.15, 0.2) is 0 Å². The van der Waals surface area contributed by atoms with E-state index in [4.69, 9.17) is 5.73 Å². The average Bonchev–Trinajstić information content (AvgIpc) is 3.92. The summed E-state index contributed by atoms with van der Waals surface area (Å²) in [7, 11) is 0. The fourth-order valence-electron chi connectivity index (χ4n) is 8.15. The monoisotopic (exact) mass is 820 g/mol. The van der Waals surface area contributed by atoms with Gasteiger partial charge in [0.25, 0.3) is 0 Å². The number of nitrogens with two attached hydrogens (primary N) is 1. The van der Waals surface area contributed by atoms with Gasteiger partial charge in [-0.15, -0.1) is 0 Å². The highest BCUT2D eigenvalue weighted by Crippen LogP contribution is 2.28. The zero-order valence-corrected chi connectivity index (χ0v) is 34.1. The van der Waals surface area contributed by atoms with Gasteiger partial charge >= 0.3 is 0 Å². The van der Waals surface area contributed by atoms with Crippen LogP contribution in [0.2, 0.25) is 0 Å². The molecule has 15 heteroatoms. The van der Waals surface area contributed by atoms with Gasteiger partial charge in [0.05, 0.1) is 6.10 Å². The summed E-state index contributed by atoms with van der Waals surface area (Å²) in [6.45, 7) is 3.69. The molecule has 2 fully saturated rings. The fourth-order valence-corrected chi connectivity index (χ4v) is 8.15. The van der Waals surface area contributed by atoms with Crippen molar-refractivity contribution in [2.24, 2.45) is 5.73 Å². The first-order chi connectivity index (χ1) is 28.9. The Bertz CT molecular complexity index is 2130. The van der Waals surface area contributed by atoms with Crippen LogP contribution in [0.4, 0.5) is 0 Å². The summed E-state index contributed by atoms with van der Waals surface area (Å²) in [5, 5.41) is 25.8. The highest BCUT2D eigenvalue weighted by atomic mass is 16.3. The molecule has 6 amide bonds. The normalized spacial score (nSPS) is 24.6. The molecule has 0 saturated carbocycles. The van der Waals surface area contributed by atoms with Crippen LogP contribution in [-0.4, -0.2) is 106 Å². The maximum Gasteiger partial charge on any atom is 0.246 e. The van der Waals surface area contributed by atoms with Gasteiger partial charge in [-0.05, 0) is 68.3 Å². The van der Waals surface area contributed by atoms with Gasteiger partial charge in [-0.25, -0.2) is 0 Å². The minimum atomic E-state index is -1.52. The Morgan fingerprint density at radius 2 is 1.23 bits per heavy atom. The lowest BCUT2D eigenvalue weighted by Gasteiger charge is -2.33. The second kappa shape index (κ2) is 20.3. The lowest BCUT2D eigenvalue weighted by molar-refractivity contribution is -0.143. The maximum absolute atomic E-state index is 14.6. The number of unbranched alkanes of at least 4 members (excludes halogenated alkanes) is 1. The number of carbonyl (C=O) groups excluding carboxylic acids is 6. The number of aromatic nitrogens is 1. The first-order valence-electron chi connectivity index (χ1n) is 20.8. The third-order valence-electron chi connectivity index (χ3n) is 11.5. The summed E-state index contributed by atoms with van der Waals surface area (Å²) < 4.78 is 0. The number of hydrogen-bond donors (Lipinski definition) is 8. The van der Waals surface area contributed by atoms with Gasteiger partial charge in [0, 0.05) is 42.4 Å². The van der Waals surface area contributed by atoms with Gasteiger partial charge in [0.1, 0.15) is 36.3 Å². The number of rotatable bonds is 11. The highest BCUT2D eigenvalue weighted by Gasteiger charge is 2.41.